The molecule has 0 saturated heterocycles. The minimum atomic E-state index is -0.411. The van der Waals surface area contributed by atoms with Crippen molar-refractivity contribution in [1.29, 1.82) is 0 Å². The molecular weight excluding hydrogens is 271 g/mol. The van der Waals surface area contributed by atoms with Gasteiger partial charge in [-0.2, -0.15) is 0 Å². The zero-order chi connectivity index (χ0) is 14.1. The van der Waals surface area contributed by atoms with Gasteiger partial charge in [-0.05, 0) is 24.6 Å². The molecular formula is C13H18ClFN2O2. The molecule has 19 heavy (non-hydrogen) atoms. The minimum Gasteiger partial charge on any atom is -0.490 e. The molecule has 1 aromatic carbocycles. The Hall–Kier alpha value is -1.49. The summed E-state index contributed by atoms with van der Waals surface area (Å²) in [6.07, 6.45) is 1.99. The number of unbranched alkanes of at least 4 members (excludes halogenated alkanes) is 1. The molecule has 4 nitrogen and oxygen atoms in total. The SMILES string of the molecule is CCCCNC(=O)NCCOc1ccc(F)cc1Cl. The summed E-state index contributed by atoms with van der Waals surface area (Å²) in [6, 6.07) is 3.69. The topological polar surface area (TPSA) is 50.4 Å². The van der Waals surface area contributed by atoms with Gasteiger partial charge in [0.25, 0.3) is 0 Å². The van der Waals surface area contributed by atoms with Crippen molar-refractivity contribution in [3.05, 3.63) is 29.0 Å². The van der Waals surface area contributed by atoms with Crippen LogP contribution in [0.1, 0.15) is 19.8 Å². The minimum absolute atomic E-state index is 0.215. The summed E-state index contributed by atoms with van der Waals surface area (Å²) in [4.78, 5) is 11.3. The number of benzene rings is 1. The van der Waals surface area contributed by atoms with Gasteiger partial charge in [0.15, 0.2) is 0 Å². The van der Waals surface area contributed by atoms with Gasteiger partial charge in [-0.25, -0.2) is 9.18 Å². The Morgan fingerprint density at radius 2 is 2.11 bits per heavy atom. The van der Waals surface area contributed by atoms with Crippen LogP contribution in [0.2, 0.25) is 5.02 Å². The Bertz CT molecular complexity index is 416. The number of halogens is 2. The first-order valence-corrected chi connectivity index (χ1v) is 6.61. The zero-order valence-corrected chi connectivity index (χ0v) is 11.6. The van der Waals surface area contributed by atoms with Gasteiger partial charge in [-0.3, -0.25) is 0 Å². The van der Waals surface area contributed by atoms with E-state index in [0.717, 1.165) is 12.8 Å². The summed E-state index contributed by atoms with van der Waals surface area (Å²) in [5, 5.41) is 5.59. The van der Waals surface area contributed by atoms with E-state index in [1.165, 1.54) is 18.2 Å². The standard InChI is InChI=1S/C13H18ClFN2O2/c1-2-3-6-16-13(18)17-7-8-19-12-5-4-10(15)9-11(12)14/h4-5,9H,2-3,6-8H2,1H3,(H2,16,17,18). The largest absolute Gasteiger partial charge is 0.490 e. The first kappa shape index (κ1) is 15.6. The van der Waals surface area contributed by atoms with E-state index in [2.05, 4.69) is 17.6 Å². The van der Waals surface area contributed by atoms with Crippen molar-refractivity contribution >= 4 is 17.6 Å². The first-order chi connectivity index (χ1) is 9.13. The van der Waals surface area contributed by atoms with Gasteiger partial charge in [-0.1, -0.05) is 24.9 Å². The Morgan fingerprint density at radius 1 is 1.37 bits per heavy atom. The van der Waals surface area contributed by atoms with Crippen LogP contribution in [0, 0.1) is 5.82 Å². The smallest absolute Gasteiger partial charge is 0.314 e. The summed E-state index contributed by atoms with van der Waals surface area (Å²) in [5.41, 5.74) is 0. The molecule has 106 valence electrons. The van der Waals surface area contributed by atoms with Crippen molar-refractivity contribution in [2.75, 3.05) is 19.7 Å². The van der Waals surface area contributed by atoms with Crippen molar-refractivity contribution in [1.82, 2.24) is 10.6 Å². The van der Waals surface area contributed by atoms with E-state index >= 15 is 0 Å². The lowest BCUT2D eigenvalue weighted by Gasteiger charge is -2.09. The first-order valence-electron chi connectivity index (χ1n) is 6.23. The van der Waals surface area contributed by atoms with Gasteiger partial charge < -0.3 is 15.4 Å². The maximum Gasteiger partial charge on any atom is 0.314 e. The molecule has 2 amide bonds. The number of ether oxygens (including phenoxy) is 1. The van der Waals surface area contributed by atoms with Crippen LogP contribution in [0.3, 0.4) is 0 Å². The van der Waals surface area contributed by atoms with Crippen LogP contribution < -0.4 is 15.4 Å². The summed E-state index contributed by atoms with van der Waals surface area (Å²) >= 11 is 5.79. The fourth-order valence-corrected chi connectivity index (χ4v) is 1.58. The Labute approximate surface area is 117 Å². The second kappa shape index (κ2) is 8.58. The zero-order valence-electron chi connectivity index (χ0n) is 10.8. The van der Waals surface area contributed by atoms with Crippen molar-refractivity contribution in [3.8, 4) is 5.75 Å². The number of carbonyl (C=O) groups is 1. The maximum absolute atomic E-state index is 12.8. The van der Waals surface area contributed by atoms with Crippen LogP contribution in [-0.2, 0) is 0 Å². The van der Waals surface area contributed by atoms with Gasteiger partial charge in [0.2, 0.25) is 0 Å². The van der Waals surface area contributed by atoms with Crippen LogP contribution in [0.15, 0.2) is 18.2 Å². The highest BCUT2D eigenvalue weighted by Gasteiger charge is 2.03. The highest BCUT2D eigenvalue weighted by atomic mass is 35.5. The molecule has 0 atom stereocenters. The summed E-state index contributed by atoms with van der Waals surface area (Å²) in [6.45, 7) is 3.34. The Kier molecular flexibility index (Phi) is 7.03. The number of nitrogens with one attached hydrogen (secondary N) is 2. The highest BCUT2D eigenvalue weighted by molar-refractivity contribution is 6.32. The summed E-state index contributed by atoms with van der Waals surface area (Å²) < 4.78 is 18.1. The Morgan fingerprint density at radius 3 is 2.79 bits per heavy atom. The molecule has 0 fully saturated rings. The van der Waals surface area contributed by atoms with E-state index in [9.17, 15) is 9.18 Å². The van der Waals surface area contributed by atoms with E-state index in [4.69, 9.17) is 16.3 Å². The van der Waals surface area contributed by atoms with Gasteiger partial charge in [0, 0.05) is 6.54 Å². The lowest BCUT2D eigenvalue weighted by Crippen LogP contribution is -2.38. The van der Waals surface area contributed by atoms with Crippen LogP contribution in [0.5, 0.6) is 5.75 Å². The third kappa shape index (κ3) is 6.29. The number of hydrogen-bond donors (Lipinski definition) is 2. The molecule has 2 N–H and O–H groups in total. The molecule has 0 aromatic heterocycles. The van der Waals surface area contributed by atoms with E-state index < -0.39 is 5.82 Å². The van der Waals surface area contributed by atoms with E-state index in [1.807, 2.05) is 0 Å². The van der Waals surface area contributed by atoms with Gasteiger partial charge in [0.1, 0.15) is 18.2 Å². The third-order valence-corrected chi connectivity index (χ3v) is 2.65. The second-order valence-electron chi connectivity index (χ2n) is 3.96. The highest BCUT2D eigenvalue weighted by Crippen LogP contribution is 2.24. The summed E-state index contributed by atoms with van der Waals surface area (Å²) in [5.74, 6) is -0.0120. The summed E-state index contributed by atoms with van der Waals surface area (Å²) in [7, 11) is 0. The predicted molar refractivity (Wildman–Crippen MR) is 73.2 cm³/mol. The molecule has 0 bridgehead atoms. The van der Waals surface area contributed by atoms with Crippen molar-refractivity contribution in [2.45, 2.75) is 19.8 Å². The second-order valence-corrected chi connectivity index (χ2v) is 4.37. The van der Waals surface area contributed by atoms with Crippen LogP contribution >= 0.6 is 11.6 Å². The molecule has 0 saturated carbocycles. The average molecular weight is 289 g/mol. The number of hydrogen-bond acceptors (Lipinski definition) is 2. The van der Waals surface area contributed by atoms with E-state index in [1.54, 1.807) is 0 Å². The number of carbonyl (C=O) groups excluding carboxylic acids is 1. The normalized spacial score (nSPS) is 10.1. The maximum atomic E-state index is 12.8. The number of rotatable bonds is 7. The molecule has 0 heterocycles. The molecule has 0 aliphatic rings. The van der Waals surface area contributed by atoms with Crippen molar-refractivity contribution in [2.24, 2.45) is 0 Å². The molecule has 0 aliphatic carbocycles. The number of amides is 2. The monoisotopic (exact) mass is 288 g/mol. The van der Waals surface area contributed by atoms with Gasteiger partial charge in [-0.15, -0.1) is 0 Å². The molecule has 0 spiro atoms. The lowest BCUT2D eigenvalue weighted by molar-refractivity contribution is 0.236. The fraction of sp³-hybridized carbons (Fsp3) is 0.462. The van der Waals surface area contributed by atoms with Gasteiger partial charge in [0.05, 0.1) is 11.6 Å². The lowest BCUT2D eigenvalue weighted by atomic mass is 10.3. The quantitative estimate of drug-likeness (QED) is 0.758. The average Bonchev–Trinajstić information content (AvgIpc) is 2.37. The molecule has 6 heteroatoms. The van der Waals surface area contributed by atoms with Gasteiger partial charge >= 0.3 is 6.03 Å². The van der Waals surface area contributed by atoms with Crippen LogP contribution in [0.25, 0.3) is 0 Å². The molecule has 0 unspecified atom stereocenters. The van der Waals surface area contributed by atoms with E-state index in [-0.39, 0.29) is 17.7 Å². The van der Waals surface area contributed by atoms with Crippen LogP contribution in [-0.4, -0.2) is 25.7 Å². The van der Waals surface area contributed by atoms with Crippen molar-refractivity contribution < 1.29 is 13.9 Å². The van der Waals surface area contributed by atoms with Crippen LogP contribution in [0.4, 0.5) is 9.18 Å². The molecule has 1 rings (SSSR count). The number of urea groups is 1. The molecule has 0 radical (unpaired) electrons. The fourth-order valence-electron chi connectivity index (χ4n) is 1.36. The van der Waals surface area contributed by atoms with Crippen molar-refractivity contribution in [3.63, 3.8) is 0 Å². The molecule has 0 aliphatic heterocycles. The predicted octanol–water partition coefficient (Wildman–Crippen LogP) is 2.96. The van der Waals surface area contributed by atoms with E-state index in [0.29, 0.717) is 18.8 Å². The third-order valence-electron chi connectivity index (χ3n) is 2.35. The molecule has 1 aromatic rings. The Balaban J connectivity index is 2.18.